The average Bonchev–Trinajstić information content (AvgIpc) is 3.07. The highest BCUT2D eigenvalue weighted by atomic mass is 16.7. The van der Waals surface area contributed by atoms with Crippen LogP contribution in [0.15, 0.2) is 18.2 Å². The lowest BCUT2D eigenvalue weighted by Crippen LogP contribution is -2.49. The van der Waals surface area contributed by atoms with Crippen molar-refractivity contribution in [1.29, 1.82) is 0 Å². The van der Waals surface area contributed by atoms with Crippen LogP contribution in [-0.4, -0.2) is 38.5 Å². The van der Waals surface area contributed by atoms with Crippen LogP contribution < -0.4 is 20.5 Å². The minimum Gasteiger partial charge on any atom is -0.454 e. The SMILES string of the molecule is CC(C)(CNC(=O)C(N)C1CCOCC1)c1ccc2c(c1)OCO2. The van der Waals surface area contributed by atoms with E-state index >= 15 is 0 Å². The molecule has 0 aromatic heterocycles. The molecule has 6 heteroatoms. The number of hydrogen-bond acceptors (Lipinski definition) is 5. The van der Waals surface area contributed by atoms with Crippen LogP contribution in [0.5, 0.6) is 11.5 Å². The van der Waals surface area contributed by atoms with Gasteiger partial charge >= 0.3 is 0 Å². The third-order valence-electron chi connectivity index (χ3n) is 4.94. The predicted octanol–water partition coefficient (Wildman–Crippen LogP) is 1.56. The van der Waals surface area contributed by atoms with Crippen LogP contribution >= 0.6 is 0 Å². The van der Waals surface area contributed by atoms with E-state index in [1.165, 1.54) is 0 Å². The maximum absolute atomic E-state index is 12.4. The van der Waals surface area contributed by atoms with E-state index in [9.17, 15) is 4.79 Å². The van der Waals surface area contributed by atoms with E-state index in [1.54, 1.807) is 0 Å². The van der Waals surface area contributed by atoms with Gasteiger partial charge in [0.05, 0.1) is 6.04 Å². The standard InChI is InChI=1S/C18H26N2O4/c1-18(2,13-3-4-14-15(9-13)24-11-23-14)10-20-17(21)16(19)12-5-7-22-8-6-12/h3-4,9,12,16H,5-8,10-11,19H2,1-2H3,(H,20,21). The number of hydrogen-bond donors (Lipinski definition) is 2. The van der Waals surface area contributed by atoms with Gasteiger partial charge in [-0.15, -0.1) is 0 Å². The fourth-order valence-electron chi connectivity index (χ4n) is 3.13. The van der Waals surface area contributed by atoms with Crippen LogP contribution in [0.2, 0.25) is 0 Å². The van der Waals surface area contributed by atoms with Gasteiger partial charge in [0.2, 0.25) is 12.7 Å². The Morgan fingerprint density at radius 2 is 2.00 bits per heavy atom. The number of rotatable bonds is 5. The fraction of sp³-hybridized carbons (Fsp3) is 0.611. The van der Waals surface area contributed by atoms with Gasteiger partial charge in [-0.05, 0) is 36.5 Å². The van der Waals surface area contributed by atoms with Crippen LogP contribution in [0.3, 0.4) is 0 Å². The molecule has 3 N–H and O–H groups in total. The van der Waals surface area contributed by atoms with Gasteiger partial charge in [-0.2, -0.15) is 0 Å². The summed E-state index contributed by atoms with van der Waals surface area (Å²) in [6.07, 6.45) is 1.69. The molecule has 6 nitrogen and oxygen atoms in total. The number of carbonyl (C=O) groups excluding carboxylic acids is 1. The minimum absolute atomic E-state index is 0.0873. The van der Waals surface area contributed by atoms with Crippen LogP contribution in [0, 0.1) is 5.92 Å². The first-order chi connectivity index (χ1) is 11.5. The zero-order valence-electron chi connectivity index (χ0n) is 14.3. The van der Waals surface area contributed by atoms with E-state index in [1.807, 2.05) is 18.2 Å². The van der Waals surface area contributed by atoms with Crippen molar-refractivity contribution in [3.05, 3.63) is 23.8 Å². The molecule has 0 saturated carbocycles. The highest BCUT2D eigenvalue weighted by Gasteiger charge is 2.29. The number of nitrogens with two attached hydrogens (primary N) is 1. The lowest BCUT2D eigenvalue weighted by Gasteiger charge is -2.29. The average molecular weight is 334 g/mol. The Labute approximate surface area is 142 Å². The van der Waals surface area contributed by atoms with E-state index in [2.05, 4.69) is 19.2 Å². The molecule has 0 aliphatic carbocycles. The van der Waals surface area contributed by atoms with Crippen LogP contribution in [-0.2, 0) is 14.9 Å². The normalized spacial score (nSPS) is 19.1. The van der Waals surface area contributed by atoms with Gasteiger partial charge in [0, 0.05) is 25.2 Å². The smallest absolute Gasteiger partial charge is 0.237 e. The highest BCUT2D eigenvalue weighted by Crippen LogP contribution is 2.36. The first-order valence-corrected chi connectivity index (χ1v) is 8.48. The molecule has 2 aliphatic heterocycles. The zero-order valence-corrected chi connectivity index (χ0v) is 14.3. The lowest BCUT2D eigenvalue weighted by atomic mass is 9.84. The molecule has 2 heterocycles. The number of carbonyl (C=O) groups is 1. The second-order valence-corrected chi connectivity index (χ2v) is 7.15. The third kappa shape index (κ3) is 3.65. The Bertz CT molecular complexity index is 597. The van der Waals surface area contributed by atoms with Gasteiger partial charge in [0.25, 0.3) is 0 Å². The molecule has 3 rings (SSSR count). The number of benzene rings is 1. The summed E-state index contributed by atoms with van der Waals surface area (Å²) in [5, 5.41) is 3.01. The Morgan fingerprint density at radius 1 is 1.29 bits per heavy atom. The van der Waals surface area contributed by atoms with E-state index < -0.39 is 6.04 Å². The summed E-state index contributed by atoms with van der Waals surface area (Å²) in [6.45, 7) is 6.33. The third-order valence-corrected chi connectivity index (χ3v) is 4.94. The Hall–Kier alpha value is -1.79. The Kier molecular flexibility index (Phi) is 4.96. The molecular formula is C18H26N2O4. The molecule has 24 heavy (non-hydrogen) atoms. The van der Waals surface area contributed by atoms with Crippen molar-refractivity contribution in [2.45, 2.75) is 38.1 Å². The maximum atomic E-state index is 12.4. The van der Waals surface area contributed by atoms with Crippen LogP contribution in [0.4, 0.5) is 0 Å². The first-order valence-electron chi connectivity index (χ1n) is 8.48. The monoisotopic (exact) mass is 334 g/mol. The molecule has 1 atom stereocenters. The number of ether oxygens (including phenoxy) is 3. The summed E-state index contributed by atoms with van der Waals surface area (Å²) in [5.41, 5.74) is 6.99. The van der Waals surface area contributed by atoms with Crippen LogP contribution in [0.25, 0.3) is 0 Å². The second-order valence-electron chi connectivity index (χ2n) is 7.15. The topological polar surface area (TPSA) is 82.8 Å². The van der Waals surface area contributed by atoms with Gasteiger partial charge in [-0.25, -0.2) is 0 Å². The molecule has 1 unspecified atom stereocenters. The molecule has 0 radical (unpaired) electrons. The molecule has 0 spiro atoms. The van der Waals surface area contributed by atoms with Crippen molar-refractivity contribution in [1.82, 2.24) is 5.32 Å². The molecule has 1 aromatic rings. The first kappa shape index (κ1) is 17.0. The van der Waals surface area contributed by atoms with Crippen LogP contribution in [0.1, 0.15) is 32.3 Å². The number of fused-ring (bicyclic) bond motifs is 1. The van der Waals surface area contributed by atoms with Gasteiger partial charge < -0.3 is 25.3 Å². The molecule has 2 aliphatic rings. The molecule has 132 valence electrons. The summed E-state index contributed by atoms with van der Waals surface area (Å²) < 4.78 is 16.1. The maximum Gasteiger partial charge on any atom is 0.237 e. The van der Waals surface area contributed by atoms with E-state index in [4.69, 9.17) is 19.9 Å². The second kappa shape index (κ2) is 6.99. The molecule has 1 aromatic carbocycles. The van der Waals surface area contributed by atoms with Gasteiger partial charge in [-0.3, -0.25) is 4.79 Å². The molecule has 1 fully saturated rings. The van der Waals surface area contributed by atoms with Crippen molar-refractivity contribution in [2.75, 3.05) is 26.6 Å². The summed E-state index contributed by atoms with van der Waals surface area (Å²) >= 11 is 0. The van der Waals surface area contributed by atoms with E-state index in [0.29, 0.717) is 19.8 Å². The minimum atomic E-state index is -0.471. The van der Waals surface area contributed by atoms with Crippen molar-refractivity contribution >= 4 is 5.91 Å². The number of amides is 1. The molecule has 1 amide bonds. The number of nitrogens with one attached hydrogen (secondary N) is 1. The molecule has 0 bridgehead atoms. The van der Waals surface area contributed by atoms with Crippen molar-refractivity contribution in [3.8, 4) is 11.5 Å². The van der Waals surface area contributed by atoms with E-state index in [0.717, 1.165) is 29.9 Å². The Balaban J connectivity index is 1.59. The highest BCUT2D eigenvalue weighted by molar-refractivity contribution is 5.82. The zero-order chi connectivity index (χ0) is 17.2. The largest absolute Gasteiger partial charge is 0.454 e. The van der Waals surface area contributed by atoms with Crippen molar-refractivity contribution in [2.24, 2.45) is 11.7 Å². The van der Waals surface area contributed by atoms with Gasteiger partial charge in [-0.1, -0.05) is 19.9 Å². The van der Waals surface area contributed by atoms with Crippen molar-refractivity contribution in [3.63, 3.8) is 0 Å². The summed E-state index contributed by atoms with van der Waals surface area (Å²) in [6, 6.07) is 5.43. The lowest BCUT2D eigenvalue weighted by molar-refractivity contribution is -0.124. The quantitative estimate of drug-likeness (QED) is 0.854. The molecule has 1 saturated heterocycles. The summed E-state index contributed by atoms with van der Waals surface area (Å²) in [7, 11) is 0. The van der Waals surface area contributed by atoms with Gasteiger partial charge in [0.1, 0.15) is 0 Å². The van der Waals surface area contributed by atoms with E-state index in [-0.39, 0.29) is 24.0 Å². The van der Waals surface area contributed by atoms with Gasteiger partial charge in [0.15, 0.2) is 11.5 Å². The Morgan fingerprint density at radius 3 is 2.75 bits per heavy atom. The predicted molar refractivity (Wildman–Crippen MR) is 90.1 cm³/mol. The summed E-state index contributed by atoms with van der Waals surface area (Å²) in [5.74, 6) is 1.63. The summed E-state index contributed by atoms with van der Waals surface area (Å²) in [4.78, 5) is 12.4. The fourth-order valence-corrected chi connectivity index (χ4v) is 3.13. The van der Waals surface area contributed by atoms with Crippen molar-refractivity contribution < 1.29 is 19.0 Å². The molecular weight excluding hydrogens is 308 g/mol.